The number of carbonyl (C=O) groups excluding carboxylic acids is 1. The minimum Gasteiger partial charge on any atom is -0.383 e. The second-order valence-corrected chi connectivity index (χ2v) is 3.50. The maximum absolute atomic E-state index is 11.0. The van der Waals surface area contributed by atoms with Crippen molar-refractivity contribution in [3.05, 3.63) is 0 Å². The molecule has 1 atom stereocenters. The van der Waals surface area contributed by atoms with Gasteiger partial charge in [0.15, 0.2) is 0 Å². The van der Waals surface area contributed by atoms with Gasteiger partial charge in [-0.1, -0.05) is 26.7 Å². The molecule has 0 heterocycles. The van der Waals surface area contributed by atoms with Crippen LogP contribution in [0, 0.1) is 5.92 Å². The van der Waals surface area contributed by atoms with Crippen molar-refractivity contribution in [3.63, 3.8) is 0 Å². The topological polar surface area (TPSA) is 64.3 Å². The van der Waals surface area contributed by atoms with E-state index in [0.29, 0.717) is 12.5 Å². The van der Waals surface area contributed by atoms with Gasteiger partial charge in [0.1, 0.15) is 6.04 Å². The molecular formula is C10H22N2O2. The molecule has 0 spiro atoms. The van der Waals surface area contributed by atoms with Crippen LogP contribution >= 0.6 is 0 Å². The second-order valence-electron chi connectivity index (χ2n) is 3.50. The molecule has 1 amide bonds. The molecule has 14 heavy (non-hydrogen) atoms. The molecule has 0 aromatic heterocycles. The summed E-state index contributed by atoms with van der Waals surface area (Å²) in [5.41, 5.74) is 5.21. The first-order valence-corrected chi connectivity index (χ1v) is 5.17. The van der Waals surface area contributed by atoms with E-state index in [9.17, 15) is 4.79 Å². The fourth-order valence-electron chi connectivity index (χ4n) is 1.29. The quantitative estimate of drug-likeness (QED) is 0.603. The minimum atomic E-state index is -0.361. The molecule has 0 fully saturated rings. The summed E-state index contributed by atoms with van der Waals surface area (Å²) >= 11 is 0. The van der Waals surface area contributed by atoms with E-state index in [-0.39, 0.29) is 11.9 Å². The number of carbonyl (C=O) groups is 1. The molecular weight excluding hydrogens is 180 g/mol. The number of hydrogen-bond donors (Lipinski definition) is 2. The number of rotatable bonds is 8. The molecule has 4 nitrogen and oxygen atoms in total. The van der Waals surface area contributed by atoms with Crippen LogP contribution in [0.5, 0.6) is 0 Å². The van der Waals surface area contributed by atoms with Gasteiger partial charge in [-0.05, 0) is 12.5 Å². The van der Waals surface area contributed by atoms with E-state index in [4.69, 9.17) is 10.5 Å². The third-order valence-corrected chi connectivity index (χ3v) is 2.48. The Hall–Kier alpha value is -0.610. The van der Waals surface area contributed by atoms with Gasteiger partial charge in [0.05, 0.1) is 6.61 Å². The molecule has 0 aliphatic carbocycles. The lowest BCUT2D eigenvalue weighted by Crippen LogP contribution is -2.46. The van der Waals surface area contributed by atoms with Crippen LogP contribution in [-0.2, 0) is 9.53 Å². The lowest BCUT2D eigenvalue weighted by molar-refractivity contribution is -0.121. The van der Waals surface area contributed by atoms with Crippen molar-refractivity contribution in [2.45, 2.75) is 32.7 Å². The van der Waals surface area contributed by atoms with Crippen LogP contribution in [0.15, 0.2) is 0 Å². The van der Waals surface area contributed by atoms with E-state index < -0.39 is 0 Å². The van der Waals surface area contributed by atoms with Crippen LogP contribution in [0.2, 0.25) is 0 Å². The number of amides is 1. The first-order chi connectivity index (χ1) is 6.65. The maximum Gasteiger partial charge on any atom is 0.236 e. The van der Waals surface area contributed by atoms with Crippen molar-refractivity contribution < 1.29 is 9.53 Å². The van der Waals surface area contributed by atoms with Gasteiger partial charge in [0.2, 0.25) is 5.91 Å². The summed E-state index contributed by atoms with van der Waals surface area (Å²) < 4.78 is 4.90. The molecule has 0 aliphatic rings. The van der Waals surface area contributed by atoms with Crippen LogP contribution in [0.3, 0.4) is 0 Å². The highest BCUT2D eigenvalue weighted by Crippen LogP contribution is 2.05. The van der Waals surface area contributed by atoms with Crippen LogP contribution < -0.4 is 11.1 Å². The Morgan fingerprint density at radius 2 is 2.00 bits per heavy atom. The highest BCUT2D eigenvalue weighted by Gasteiger charge is 2.15. The first-order valence-electron chi connectivity index (χ1n) is 5.17. The number of methoxy groups -OCH3 is 1. The molecule has 0 radical (unpaired) electrons. The molecule has 0 rings (SSSR count). The number of ether oxygens (including phenoxy) is 1. The zero-order valence-electron chi connectivity index (χ0n) is 9.38. The van der Waals surface area contributed by atoms with E-state index in [0.717, 1.165) is 19.4 Å². The molecule has 1 unspecified atom stereocenters. The Balaban J connectivity index is 3.85. The van der Waals surface area contributed by atoms with Crippen LogP contribution in [-0.4, -0.2) is 32.2 Å². The lowest BCUT2D eigenvalue weighted by atomic mass is 10.0. The van der Waals surface area contributed by atoms with Gasteiger partial charge in [-0.25, -0.2) is 0 Å². The summed E-state index contributed by atoms with van der Waals surface area (Å²) in [5, 5.41) is 3.12. The minimum absolute atomic E-state index is 0.343. The van der Waals surface area contributed by atoms with Gasteiger partial charge in [0, 0.05) is 7.11 Å². The van der Waals surface area contributed by atoms with E-state index in [1.54, 1.807) is 7.11 Å². The second kappa shape index (κ2) is 7.76. The molecule has 0 bridgehead atoms. The molecule has 3 N–H and O–H groups in total. The standard InChI is InChI=1S/C10H22N2O2/c1-4-8(5-2)6-12-9(7-14-3)10(11)13/h8-9,12H,4-7H2,1-3H3,(H2,11,13). The first kappa shape index (κ1) is 13.4. The van der Waals surface area contributed by atoms with Crippen molar-refractivity contribution in [2.75, 3.05) is 20.3 Å². The summed E-state index contributed by atoms with van der Waals surface area (Å²) in [7, 11) is 1.56. The molecule has 4 heteroatoms. The highest BCUT2D eigenvalue weighted by atomic mass is 16.5. The fourth-order valence-corrected chi connectivity index (χ4v) is 1.29. The van der Waals surface area contributed by atoms with Crippen molar-refractivity contribution in [2.24, 2.45) is 11.7 Å². The van der Waals surface area contributed by atoms with Gasteiger partial charge >= 0.3 is 0 Å². The number of hydrogen-bond acceptors (Lipinski definition) is 3. The van der Waals surface area contributed by atoms with Crippen molar-refractivity contribution in [1.29, 1.82) is 0 Å². The Labute approximate surface area is 86.2 Å². The fraction of sp³-hybridized carbons (Fsp3) is 0.900. The summed E-state index contributed by atoms with van der Waals surface area (Å²) in [6.45, 7) is 5.45. The summed E-state index contributed by atoms with van der Waals surface area (Å²) in [6.07, 6.45) is 2.23. The SMILES string of the molecule is CCC(CC)CNC(COC)C(N)=O. The molecule has 0 aliphatic heterocycles. The Kier molecular flexibility index (Phi) is 7.42. The van der Waals surface area contributed by atoms with Crippen LogP contribution in [0.4, 0.5) is 0 Å². The van der Waals surface area contributed by atoms with E-state index >= 15 is 0 Å². The van der Waals surface area contributed by atoms with Crippen LogP contribution in [0.25, 0.3) is 0 Å². The summed E-state index contributed by atoms with van der Waals surface area (Å²) in [6, 6.07) is -0.361. The predicted octanol–water partition coefficient (Wildman–Crippen LogP) is 0.513. The summed E-state index contributed by atoms with van der Waals surface area (Å²) in [5.74, 6) is 0.256. The highest BCUT2D eigenvalue weighted by molar-refractivity contribution is 5.79. The van der Waals surface area contributed by atoms with Gasteiger partial charge in [-0.2, -0.15) is 0 Å². The Morgan fingerprint density at radius 3 is 2.36 bits per heavy atom. The maximum atomic E-state index is 11.0. The predicted molar refractivity (Wildman–Crippen MR) is 56.9 cm³/mol. The third-order valence-electron chi connectivity index (χ3n) is 2.48. The molecule has 0 aromatic carbocycles. The molecule has 84 valence electrons. The average Bonchev–Trinajstić information content (AvgIpc) is 2.17. The normalized spacial score (nSPS) is 13.1. The molecule has 0 aromatic rings. The smallest absolute Gasteiger partial charge is 0.236 e. The van der Waals surface area contributed by atoms with Crippen molar-refractivity contribution >= 4 is 5.91 Å². The van der Waals surface area contributed by atoms with Gasteiger partial charge in [-0.15, -0.1) is 0 Å². The Morgan fingerprint density at radius 1 is 1.43 bits per heavy atom. The number of nitrogens with two attached hydrogens (primary N) is 1. The van der Waals surface area contributed by atoms with Gasteiger partial charge in [0.25, 0.3) is 0 Å². The summed E-state index contributed by atoms with van der Waals surface area (Å²) in [4.78, 5) is 11.0. The van der Waals surface area contributed by atoms with Gasteiger partial charge in [-0.3, -0.25) is 4.79 Å². The zero-order chi connectivity index (χ0) is 11.0. The van der Waals surface area contributed by atoms with Crippen LogP contribution in [0.1, 0.15) is 26.7 Å². The average molecular weight is 202 g/mol. The monoisotopic (exact) mass is 202 g/mol. The van der Waals surface area contributed by atoms with Crippen molar-refractivity contribution in [3.8, 4) is 0 Å². The lowest BCUT2D eigenvalue weighted by Gasteiger charge is -2.18. The molecule has 0 saturated carbocycles. The third kappa shape index (κ3) is 5.19. The zero-order valence-corrected chi connectivity index (χ0v) is 9.38. The van der Waals surface area contributed by atoms with E-state index in [2.05, 4.69) is 19.2 Å². The van der Waals surface area contributed by atoms with Gasteiger partial charge < -0.3 is 15.8 Å². The number of primary amides is 1. The number of nitrogens with one attached hydrogen (secondary N) is 1. The molecule has 0 saturated heterocycles. The van der Waals surface area contributed by atoms with E-state index in [1.165, 1.54) is 0 Å². The largest absolute Gasteiger partial charge is 0.383 e. The van der Waals surface area contributed by atoms with Crippen molar-refractivity contribution in [1.82, 2.24) is 5.32 Å². The van der Waals surface area contributed by atoms with E-state index in [1.807, 2.05) is 0 Å². The Bertz CT molecular complexity index is 158.